The van der Waals surface area contributed by atoms with Crippen molar-refractivity contribution in [2.24, 2.45) is 0 Å². The number of benzene rings is 1. The highest BCUT2D eigenvalue weighted by atomic mass is 16.6. The lowest BCUT2D eigenvalue weighted by Gasteiger charge is -2.21. The zero-order valence-corrected chi connectivity index (χ0v) is 11.7. The summed E-state index contributed by atoms with van der Waals surface area (Å²) in [6, 6.07) is 9.06. The molecular weight excluding hydrogens is 244 g/mol. The third kappa shape index (κ3) is 6.36. The predicted molar refractivity (Wildman–Crippen MR) is 72.5 cm³/mol. The quantitative estimate of drug-likeness (QED) is 0.802. The van der Waals surface area contributed by atoms with E-state index in [9.17, 15) is 15.0 Å². The Bertz CT molecular complexity index is 394. The number of carbonyl (C=O) groups is 1. The van der Waals surface area contributed by atoms with Crippen molar-refractivity contribution in [1.29, 1.82) is 0 Å². The molecule has 0 aromatic heterocycles. The second-order valence-electron chi connectivity index (χ2n) is 5.61. The van der Waals surface area contributed by atoms with Crippen molar-refractivity contribution < 1.29 is 19.7 Å². The van der Waals surface area contributed by atoms with Crippen molar-refractivity contribution in [2.75, 3.05) is 0 Å². The lowest BCUT2D eigenvalue weighted by molar-refractivity contribution is -0.157. The monoisotopic (exact) mass is 266 g/mol. The Morgan fingerprint density at radius 3 is 2.32 bits per heavy atom. The van der Waals surface area contributed by atoms with Crippen molar-refractivity contribution >= 4 is 5.97 Å². The molecule has 0 aliphatic heterocycles. The first-order valence-corrected chi connectivity index (χ1v) is 6.41. The van der Waals surface area contributed by atoms with Gasteiger partial charge in [0.2, 0.25) is 0 Å². The van der Waals surface area contributed by atoms with Gasteiger partial charge in [-0.2, -0.15) is 0 Å². The third-order valence-electron chi connectivity index (χ3n) is 2.50. The lowest BCUT2D eigenvalue weighted by Crippen LogP contribution is -2.27. The van der Waals surface area contributed by atoms with E-state index in [0.29, 0.717) is 0 Å². The van der Waals surface area contributed by atoms with Crippen LogP contribution in [0.1, 0.15) is 45.3 Å². The molecule has 2 N–H and O–H groups in total. The molecule has 4 heteroatoms. The fourth-order valence-electron chi connectivity index (χ4n) is 1.73. The van der Waals surface area contributed by atoms with Crippen LogP contribution in [0.3, 0.4) is 0 Å². The largest absolute Gasteiger partial charge is 0.460 e. The van der Waals surface area contributed by atoms with E-state index < -0.39 is 23.8 Å². The van der Waals surface area contributed by atoms with E-state index in [0.717, 1.165) is 5.56 Å². The molecule has 0 radical (unpaired) electrons. The van der Waals surface area contributed by atoms with Gasteiger partial charge in [0.1, 0.15) is 5.60 Å². The van der Waals surface area contributed by atoms with Crippen LogP contribution in [0.25, 0.3) is 0 Å². The van der Waals surface area contributed by atoms with Gasteiger partial charge in [-0.15, -0.1) is 0 Å². The highest BCUT2D eigenvalue weighted by Gasteiger charge is 2.21. The molecule has 19 heavy (non-hydrogen) atoms. The summed E-state index contributed by atoms with van der Waals surface area (Å²) in [6.45, 7) is 5.32. The molecule has 0 unspecified atom stereocenters. The fraction of sp³-hybridized carbons (Fsp3) is 0.533. The molecule has 0 bridgehead atoms. The van der Waals surface area contributed by atoms with Crippen LogP contribution in [-0.4, -0.2) is 27.9 Å². The summed E-state index contributed by atoms with van der Waals surface area (Å²) < 4.78 is 5.12. The van der Waals surface area contributed by atoms with E-state index in [-0.39, 0.29) is 12.8 Å². The lowest BCUT2D eigenvalue weighted by atomic mass is 10.0. The topological polar surface area (TPSA) is 66.8 Å². The number of carbonyl (C=O) groups excluding carboxylic acids is 1. The molecule has 0 aliphatic carbocycles. The normalized spacial score (nSPS) is 14.8. The molecule has 0 amide bonds. The Hall–Kier alpha value is -1.39. The van der Waals surface area contributed by atoms with Crippen molar-refractivity contribution in [3.8, 4) is 0 Å². The van der Waals surface area contributed by atoms with E-state index >= 15 is 0 Å². The summed E-state index contributed by atoms with van der Waals surface area (Å²) in [5.41, 5.74) is 0.167. The van der Waals surface area contributed by atoms with E-state index in [2.05, 4.69) is 0 Å². The third-order valence-corrected chi connectivity index (χ3v) is 2.50. The number of hydrogen-bond acceptors (Lipinski definition) is 4. The average molecular weight is 266 g/mol. The second kappa shape index (κ2) is 6.68. The highest BCUT2D eigenvalue weighted by molar-refractivity contribution is 5.70. The van der Waals surface area contributed by atoms with Crippen LogP contribution in [0.4, 0.5) is 0 Å². The molecule has 106 valence electrons. The maximum atomic E-state index is 11.5. The number of rotatable bonds is 5. The molecule has 0 fully saturated rings. The van der Waals surface area contributed by atoms with E-state index in [4.69, 9.17) is 4.74 Å². The van der Waals surface area contributed by atoms with Gasteiger partial charge < -0.3 is 14.9 Å². The van der Waals surface area contributed by atoms with Gasteiger partial charge in [-0.25, -0.2) is 0 Å². The Morgan fingerprint density at radius 2 is 1.79 bits per heavy atom. The van der Waals surface area contributed by atoms with Crippen molar-refractivity contribution in [1.82, 2.24) is 0 Å². The van der Waals surface area contributed by atoms with Gasteiger partial charge in [-0.05, 0) is 26.3 Å². The summed E-state index contributed by atoms with van der Waals surface area (Å²) in [4.78, 5) is 11.5. The molecule has 0 saturated carbocycles. The van der Waals surface area contributed by atoms with Crippen molar-refractivity contribution in [2.45, 2.75) is 51.4 Å². The second-order valence-corrected chi connectivity index (χ2v) is 5.61. The van der Waals surface area contributed by atoms with Gasteiger partial charge in [0.15, 0.2) is 0 Å². The zero-order valence-electron chi connectivity index (χ0n) is 11.7. The van der Waals surface area contributed by atoms with Gasteiger partial charge >= 0.3 is 5.97 Å². The minimum Gasteiger partial charge on any atom is -0.460 e. The Balaban J connectivity index is 2.43. The van der Waals surface area contributed by atoms with Crippen molar-refractivity contribution in [3.05, 3.63) is 35.9 Å². The first kappa shape index (κ1) is 15.7. The van der Waals surface area contributed by atoms with Gasteiger partial charge in [-0.3, -0.25) is 4.79 Å². The summed E-state index contributed by atoms with van der Waals surface area (Å²) in [6.07, 6.45) is -1.69. The summed E-state index contributed by atoms with van der Waals surface area (Å²) in [5, 5.41) is 19.7. The van der Waals surface area contributed by atoms with Crippen LogP contribution < -0.4 is 0 Å². The van der Waals surface area contributed by atoms with E-state index in [1.807, 2.05) is 18.2 Å². The fourth-order valence-corrected chi connectivity index (χ4v) is 1.73. The molecule has 4 nitrogen and oxygen atoms in total. The summed E-state index contributed by atoms with van der Waals surface area (Å²) >= 11 is 0. The summed E-state index contributed by atoms with van der Waals surface area (Å²) in [5.74, 6) is -0.458. The number of aliphatic hydroxyl groups excluding tert-OH is 2. The minimum absolute atomic E-state index is 0.110. The number of hydrogen-bond donors (Lipinski definition) is 2. The predicted octanol–water partition coefficient (Wildman–Crippen LogP) is 2.20. The molecule has 0 saturated heterocycles. The summed E-state index contributed by atoms with van der Waals surface area (Å²) in [7, 11) is 0. The molecule has 0 aliphatic rings. The van der Waals surface area contributed by atoms with Gasteiger partial charge in [0.05, 0.1) is 18.6 Å². The Labute approximate surface area is 114 Å². The molecule has 2 atom stereocenters. The maximum absolute atomic E-state index is 11.5. The molecular formula is C15H22O4. The number of aliphatic hydroxyl groups is 2. The number of ether oxygens (including phenoxy) is 1. The average Bonchev–Trinajstić information content (AvgIpc) is 2.27. The molecule has 0 spiro atoms. The minimum atomic E-state index is -0.912. The highest BCUT2D eigenvalue weighted by Crippen LogP contribution is 2.20. The van der Waals surface area contributed by atoms with Gasteiger partial charge in [-0.1, -0.05) is 30.3 Å². The van der Waals surface area contributed by atoms with E-state index in [1.165, 1.54) is 0 Å². The van der Waals surface area contributed by atoms with Crippen LogP contribution in [-0.2, 0) is 9.53 Å². The Morgan fingerprint density at radius 1 is 1.21 bits per heavy atom. The van der Waals surface area contributed by atoms with E-state index in [1.54, 1.807) is 32.9 Å². The van der Waals surface area contributed by atoms with Crippen LogP contribution in [0.2, 0.25) is 0 Å². The molecule has 1 aromatic rings. The first-order valence-electron chi connectivity index (χ1n) is 6.41. The SMILES string of the molecule is CC(C)(C)OC(=O)C[C@@H](O)C[C@@H](O)c1ccccc1. The van der Waals surface area contributed by atoms with Crippen LogP contribution in [0, 0.1) is 0 Å². The molecule has 1 aromatic carbocycles. The maximum Gasteiger partial charge on any atom is 0.308 e. The zero-order chi connectivity index (χ0) is 14.5. The van der Waals surface area contributed by atoms with Crippen LogP contribution >= 0.6 is 0 Å². The molecule has 1 rings (SSSR count). The van der Waals surface area contributed by atoms with Crippen LogP contribution in [0.5, 0.6) is 0 Å². The number of esters is 1. The Kier molecular flexibility index (Phi) is 5.51. The van der Waals surface area contributed by atoms with Gasteiger partial charge in [0, 0.05) is 6.42 Å². The van der Waals surface area contributed by atoms with Gasteiger partial charge in [0.25, 0.3) is 0 Å². The smallest absolute Gasteiger partial charge is 0.308 e. The van der Waals surface area contributed by atoms with Crippen LogP contribution in [0.15, 0.2) is 30.3 Å². The first-order chi connectivity index (χ1) is 8.78. The van der Waals surface area contributed by atoms with Crippen molar-refractivity contribution in [3.63, 3.8) is 0 Å². The standard InChI is InChI=1S/C15H22O4/c1-15(2,3)19-14(18)10-12(16)9-13(17)11-7-5-4-6-8-11/h4-8,12-13,16-17H,9-10H2,1-3H3/t12-,13+/m0/s1. The molecule has 0 heterocycles.